The molecule has 0 aromatic carbocycles. The molecular weight excluding hydrogens is 242 g/mol. The van der Waals surface area contributed by atoms with Gasteiger partial charge in [-0.05, 0) is 37.5 Å². The first kappa shape index (κ1) is 13.1. The van der Waals surface area contributed by atoms with Gasteiger partial charge in [-0.2, -0.15) is 5.10 Å². The van der Waals surface area contributed by atoms with Crippen LogP contribution in [0.1, 0.15) is 28.0 Å². The van der Waals surface area contributed by atoms with Crippen molar-refractivity contribution in [1.82, 2.24) is 15.2 Å². The average Bonchev–Trinajstić information content (AvgIpc) is 2.80. The molecule has 6 nitrogen and oxygen atoms in total. The van der Waals surface area contributed by atoms with Crippen molar-refractivity contribution < 1.29 is 4.79 Å². The Hall–Kier alpha value is -2.37. The lowest BCUT2D eigenvalue weighted by molar-refractivity contribution is 0.100. The molecule has 2 aromatic heterocycles. The number of hydrogen-bond acceptors (Lipinski definition) is 4. The van der Waals surface area contributed by atoms with Crippen molar-refractivity contribution in [2.75, 3.05) is 11.9 Å². The van der Waals surface area contributed by atoms with Gasteiger partial charge in [0.25, 0.3) is 5.91 Å². The second-order valence-electron chi connectivity index (χ2n) is 4.31. The molecule has 0 atom stereocenters. The van der Waals surface area contributed by atoms with Crippen LogP contribution < -0.4 is 11.1 Å². The van der Waals surface area contributed by atoms with Crippen LogP contribution in [0.15, 0.2) is 24.5 Å². The summed E-state index contributed by atoms with van der Waals surface area (Å²) < 4.78 is 0. The summed E-state index contributed by atoms with van der Waals surface area (Å²) in [7, 11) is 0. The number of carbonyl (C=O) groups is 1. The first-order valence-corrected chi connectivity index (χ1v) is 6.16. The Balaban J connectivity index is 1.86. The van der Waals surface area contributed by atoms with E-state index >= 15 is 0 Å². The lowest BCUT2D eigenvalue weighted by Gasteiger charge is -2.08. The molecule has 2 rings (SSSR count). The van der Waals surface area contributed by atoms with E-state index in [4.69, 9.17) is 5.73 Å². The van der Waals surface area contributed by atoms with E-state index in [9.17, 15) is 4.79 Å². The maximum atomic E-state index is 11.2. The highest BCUT2D eigenvalue weighted by Crippen LogP contribution is 2.11. The maximum Gasteiger partial charge on any atom is 0.252 e. The van der Waals surface area contributed by atoms with Gasteiger partial charge in [-0.15, -0.1) is 0 Å². The Kier molecular flexibility index (Phi) is 4.12. The van der Waals surface area contributed by atoms with Crippen LogP contribution in [0.2, 0.25) is 0 Å². The smallest absolute Gasteiger partial charge is 0.252 e. The highest BCUT2D eigenvalue weighted by Gasteiger charge is 2.07. The van der Waals surface area contributed by atoms with Crippen LogP contribution in [-0.2, 0) is 6.42 Å². The van der Waals surface area contributed by atoms with Crippen molar-refractivity contribution >= 4 is 11.7 Å². The molecular formula is C13H17N5O. The molecule has 0 aliphatic rings. The van der Waals surface area contributed by atoms with Crippen LogP contribution in [-0.4, -0.2) is 27.6 Å². The maximum absolute atomic E-state index is 11.2. The molecule has 0 unspecified atom stereocenters. The summed E-state index contributed by atoms with van der Waals surface area (Å²) in [6.45, 7) is 2.72. The largest absolute Gasteiger partial charge is 0.369 e. The summed E-state index contributed by atoms with van der Waals surface area (Å²) in [5, 5.41) is 10.0. The standard InChI is InChI=1S/C13H17N5O/c1-9-10(8-17-18-9)4-2-6-15-13-11(12(14)19)5-3-7-16-13/h3,5,7-8H,2,4,6H2,1H3,(H2,14,19)(H,15,16)(H,17,18). The molecule has 2 heterocycles. The topological polar surface area (TPSA) is 96.7 Å². The van der Waals surface area contributed by atoms with Crippen molar-refractivity contribution in [3.63, 3.8) is 0 Å². The summed E-state index contributed by atoms with van der Waals surface area (Å²) in [4.78, 5) is 15.3. The zero-order valence-electron chi connectivity index (χ0n) is 10.8. The molecule has 100 valence electrons. The molecule has 6 heteroatoms. The zero-order valence-corrected chi connectivity index (χ0v) is 10.8. The summed E-state index contributed by atoms with van der Waals surface area (Å²) in [5.74, 6) is 0.0696. The van der Waals surface area contributed by atoms with Gasteiger partial charge >= 0.3 is 0 Å². The van der Waals surface area contributed by atoms with Gasteiger partial charge in [0.2, 0.25) is 0 Å². The predicted octanol–water partition coefficient (Wildman–Crippen LogP) is 1.26. The number of carbonyl (C=O) groups excluding carboxylic acids is 1. The zero-order chi connectivity index (χ0) is 13.7. The third-order valence-electron chi connectivity index (χ3n) is 2.92. The quantitative estimate of drug-likeness (QED) is 0.680. The number of rotatable bonds is 6. The Labute approximate surface area is 111 Å². The third-order valence-corrected chi connectivity index (χ3v) is 2.92. The van der Waals surface area contributed by atoms with Crippen LogP contribution in [0.5, 0.6) is 0 Å². The van der Waals surface area contributed by atoms with Crippen molar-refractivity contribution in [2.45, 2.75) is 19.8 Å². The Morgan fingerprint density at radius 2 is 2.37 bits per heavy atom. The number of hydrogen-bond donors (Lipinski definition) is 3. The number of nitrogens with one attached hydrogen (secondary N) is 2. The number of nitrogens with two attached hydrogens (primary N) is 1. The highest BCUT2D eigenvalue weighted by atomic mass is 16.1. The average molecular weight is 259 g/mol. The number of anilines is 1. The molecule has 19 heavy (non-hydrogen) atoms. The first-order valence-electron chi connectivity index (χ1n) is 6.16. The number of amides is 1. The molecule has 0 aliphatic carbocycles. The Bertz CT molecular complexity index is 564. The van der Waals surface area contributed by atoms with Crippen LogP contribution >= 0.6 is 0 Å². The monoisotopic (exact) mass is 259 g/mol. The van der Waals surface area contributed by atoms with Crippen LogP contribution in [0.25, 0.3) is 0 Å². The second-order valence-corrected chi connectivity index (χ2v) is 4.31. The third kappa shape index (κ3) is 3.31. The molecule has 0 saturated heterocycles. The van der Waals surface area contributed by atoms with Gasteiger partial charge in [0.15, 0.2) is 0 Å². The van der Waals surface area contributed by atoms with Crippen LogP contribution in [0.3, 0.4) is 0 Å². The number of aromatic amines is 1. The molecule has 0 spiro atoms. The molecule has 4 N–H and O–H groups in total. The van der Waals surface area contributed by atoms with E-state index in [2.05, 4.69) is 20.5 Å². The van der Waals surface area contributed by atoms with E-state index in [1.807, 2.05) is 13.1 Å². The fraction of sp³-hybridized carbons (Fsp3) is 0.308. The summed E-state index contributed by atoms with van der Waals surface area (Å²) in [6, 6.07) is 3.36. The Morgan fingerprint density at radius 1 is 1.53 bits per heavy atom. The van der Waals surface area contributed by atoms with Gasteiger partial charge in [-0.3, -0.25) is 9.89 Å². The lowest BCUT2D eigenvalue weighted by atomic mass is 10.1. The molecule has 0 fully saturated rings. The van der Waals surface area contributed by atoms with E-state index < -0.39 is 5.91 Å². The fourth-order valence-electron chi connectivity index (χ4n) is 1.86. The SMILES string of the molecule is Cc1[nH]ncc1CCCNc1ncccc1C(N)=O. The molecule has 0 saturated carbocycles. The van der Waals surface area contributed by atoms with Gasteiger partial charge in [-0.1, -0.05) is 0 Å². The van der Waals surface area contributed by atoms with E-state index in [-0.39, 0.29) is 0 Å². The molecule has 1 amide bonds. The van der Waals surface area contributed by atoms with Crippen molar-refractivity contribution in [2.24, 2.45) is 5.73 Å². The van der Waals surface area contributed by atoms with Crippen LogP contribution in [0, 0.1) is 6.92 Å². The van der Waals surface area contributed by atoms with Gasteiger partial charge in [0, 0.05) is 18.4 Å². The number of aryl methyl sites for hydroxylation is 2. The molecule has 0 bridgehead atoms. The van der Waals surface area contributed by atoms with E-state index in [1.165, 1.54) is 5.56 Å². The summed E-state index contributed by atoms with van der Waals surface area (Å²) in [5.41, 5.74) is 8.00. The van der Waals surface area contributed by atoms with Crippen molar-refractivity contribution in [1.29, 1.82) is 0 Å². The van der Waals surface area contributed by atoms with Crippen molar-refractivity contribution in [3.05, 3.63) is 41.3 Å². The highest BCUT2D eigenvalue weighted by molar-refractivity contribution is 5.97. The lowest BCUT2D eigenvalue weighted by Crippen LogP contribution is -2.16. The summed E-state index contributed by atoms with van der Waals surface area (Å²) in [6.07, 6.45) is 5.32. The summed E-state index contributed by atoms with van der Waals surface area (Å²) >= 11 is 0. The van der Waals surface area contributed by atoms with E-state index in [0.717, 1.165) is 25.1 Å². The second kappa shape index (κ2) is 5.99. The number of pyridine rings is 1. The van der Waals surface area contributed by atoms with E-state index in [1.54, 1.807) is 18.3 Å². The van der Waals surface area contributed by atoms with Crippen LogP contribution in [0.4, 0.5) is 5.82 Å². The molecule has 0 radical (unpaired) electrons. The van der Waals surface area contributed by atoms with Gasteiger partial charge in [0.05, 0.1) is 11.8 Å². The van der Waals surface area contributed by atoms with E-state index in [0.29, 0.717) is 11.4 Å². The number of primary amides is 1. The minimum Gasteiger partial charge on any atom is -0.369 e. The minimum atomic E-state index is -0.471. The van der Waals surface area contributed by atoms with Crippen molar-refractivity contribution in [3.8, 4) is 0 Å². The van der Waals surface area contributed by atoms with Gasteiger partial charge < -0.3 is 11.1 Å². The minimum absolute atomic E-state index is 0.419. The van der Waals surface area contributed by atoms with Gasteiger partial charge in [0.1, 0.15) is 5.82 Å². The first-order chi connectivity index (χ1) is 9.18. The predicted molar refractivity (Wildman–Crippen MR) is 72.9 cm³/mol. The fourth-order valence-corrected chi connectivity index (χ4v) is 1.86. The van der Waals surface area contributed by atoms with Gasteiger partial charge in [-0.25, -0.2) is 4.98 Å². The molecule has 2 aromatic rings. The number of nitrogens with zero attached hydrogens (tertiary/aromatic N) is 2. The molecule has 0 aliphatic heterocycles. The number of aromatic nitrogens is 3. The number of H-pyrrole nitrogens is 1. The normalized spacial score (nSPS) is 10.4. The Morgan fingerprint density at radius 3 is 3.05 bits per heavy atom.